The number of nitrogens with one attached hydrogen (secondary N) is 4. The summed E-state index contributed by atoms with van der Waals surface area (Å²) >= 11 is 0. The first-order valence-electron chi connectivity index (χ1n) is 10.8. The molecule has 0 atom stereocenters. The quantitative estimate of drug-likeness (QED) is 0.359. The number of para-hydroxylation sites is 2. The van der Waals surface area contributed by atoms with Gasteiger partial charge in [0.05, 0.1) is 17.4 Å². The second-order valence-corrected chi connectivity index (χ2v) is 7.74. The van der Waals surface area contributed by atoms with Gasteiger partial charge in [-0.1, -0.05) is 18.6 Å². The average molecular weight is 445 g/mol. The molecule has 0 radical (unpaired) electrons. The number of hydrogen-bond donors (Lipinski definition) is 4. The lowest BCUT2D eigenvalue weighted by atomic mass is 10.2. The van der Waals surface area contributed by atoms with Crippen molar-refractivity contribution in [2.45, 2.75) is 19.3 Å². The third-order valence-corrected chi connectivity index (χ3v) is 5.36. The Balaban J connectivity index is 1.23. The van der Waals surface area contributed by atoms with Crippen molar-refractivity contribution in [3.63, 3.8) is 0 Å². The second kappa shape index (κ2) is 9.13. The molecule has 3 heterocycles. The molecule has 0 unspecified atom stereocenters. The number of benzene rings is 2. The zero-order valence-corrected chi connectivity index (χ0v) is 17.8. The molecule has 1 saturated heterocycles. The van der Waals surface area contributed by atoms with Crippen molar-refractivity contribution >= 4 is 34.5 Å². The molecule has 4 aromatic rings. The molecule has 0 bridgehead atoms. The van der Waals surface area contributed by atoms with Crippen LogP contribution >= 0.6 is 0 Å². The van der Waals surface area contributed by atoms with Crippen LogP contribution in [0.1, 0.15) is 40.2 Å². The van der Waals surface area contributed by atoms with E-state index in [1.807, 2.05) is 29.3 Å². The van der Waals surface area contributed by atoms with Crippen LogP contribution in [0.5, 0.6) is 5.75 Å². The van der Waals surface area contributed by atoms with Crippen molar-refractivity contribution < 1.29 is 14.4 Å². The Morgan fingerprint density at radius 2 is 1.73 bits per heavy atom. The molecular formula is C23H23N7O3. The summed E-state index contributed by atoms with van der Waals surface area (Å²) in [5.41, 5.74) is 2.11. The number of hydrogen-bond acceptors (Lipinski definition) is 6. The van der Waals surface area contributed by atoms with Crippen molar-refractivity contribution in [3.8, 4) is 5.75 Å². The summed E-state index contributed by atoms with van der Waals surface area (Å²) in [6, 6.07) is 14.5. The fourth-order valence-corrected chi connectivity index (χ4v) is 3.72. The number of aromatic nitrogens is 4. The summed E-state index contributed by atoms with van der Waals surface area (Å²) in [5, 5.41) is 7.37. The second-order valence-electron chi connectivity index (χ2n) is 7.74. The lowest BCUT2D eigenvalue weighted by molar-refractivity contribution is -0.0719. The van der Waals surface area contributed by atoms with Gasteiger partial charge in [0.15, 0.2) is 5.69 Å². The van der Waals surface area contributed by atoms with Gasteiger partial charge in [-0.05, 0) is 49.2 Å². The van der Waals surface area contributed by atoms with Gasteiger partial charge in [-0.3, -0.25) is 14.9 Å². The number of fused-ring (bicyclic) bond motifs is 1. The van der Waals surface area contributed by atoms with Crippen LogP contribution in [0.4, 0.5) is 11.6 Å². The maximum atomic E-state index is 12.8. The Morgan fingerprint density at radius 3 is 2.52 bits per heavy atom. The molecule has 1 fully saturated rings. The zero-order chi connectivity index (χ0) is 22.6. The van der Waals surface area contributed by atoms with Crippen molar-refractivity contribution in [3.05, 3.63) is 66.2 Å². The first-order chi connectivity index (χ1) is 16.2. The van der Waals surface area contributed by atoms with Gasteiger partial charge in [-0.15, -0.1) is 5.06 Å². The standard InChI is InChI=1S/C23H23N7O3/c31-21(26-15-8-10-16(11-9-15)33-30-12-4-1-5-13-30)19-20(25-14-24-19)22(32)29-23-27-17-6-2-3-7-18(17)28-23/h2-3,6-11,14H,1,4-5,12-13H2,(H,24,25)(H,26,31)(H2,27,28,29,32). The molecule has 5 rings (SSSR count). The number of carbonyl (C=O) groups excluding carboxylic acids is 2. The van der Waals surface area contributed by atoms with E-state index in [4.69, 9.17) is 4.84 Å². The summed E-state index contributed by atoms with van der Waals surface area (Å²) in [4.78, 5) is 45.4. The lowest BCUT2D eigenvalue weighted by Crippen LogP contribution is -2.32. The van der Waals surface area contributed by atoms with Gasteiger partial charge in [0.2, 0.25) is 5.95 Å². The van der Waals surface area contributed by atoms with Crippen LogP contribution in [0.3, 0.4) is 0 Å². The van der Waals surface area contributed by atoms with Gasteiger partial charge in [0, 0.05) is 18.8 Å². The van der Waals surface area contributed by atoms with E-state index in [9.17, 15) is 9.59 Å². The Morgan fingerprint density at radius 1 is 0.939 bits per heavy atom. The van der Waals surface area contributed by atoms with Crippen LogP contribution < -0.4 is 15.5 Å². The molecular weight excluding hydrogens is 422 g/mol. The first kappa shape index (κ1) is 20.7. The topological polar surface area (TPSA) is 128 Å². The Labute approximate surface area is 189 Å². The van der Waals surface area contributed by atoms with E-state index in [1.165, 1.54) is 12.7 Å². The van der Waals surface area contributed by atoms with Gasteiger partial charge in [-0.25, -0.2) is 9.97 Å². The van der Waals surface area contributed by atoms with E-state index in [0.717, 1.165) is 37.0 Å². The van der Waals surface area contributed by atoms with Gasteiger partial charge < -0.3 is 20.1 Å². The van der Waals surface area contributed by atoms with Crippen LogP contribution in [0.25, 0.3) is 11.0 Å². The molecule has 0 spiro atoms. The molecule has 2 aromatic heterocycles. The van der Waals surface area contributed by atoms with Crippen molar-refractivity contribution in [1.29, 1.82) is 0 Å². The Kier molecular flexibility index (Phi) is 5.73. The fraction of sp³-hybridized carbons (Fsp3) is 0.217. The van der Waals surface area contributed by atoms with Crippen molar-refractivity contribution in [2.24, 2.45) is 0 Å². The fourth-order valence-electron chi connectivity index (χ4n) is 3.72. The van der Waals surface area contributed by atoms with Crippen LogP contribution in [0.2, 0.25) is 0 Å². The smallest absolute Gasteiger partial charge is 0.276 e. The number of amides is 2. The molecule has 1 aliphatic heterocycles. The number of rotatable bonds is 6. The summed E-state index contributed by atoms with van der Waals surface area (Å²) < 4.78 is 0. The van der Waals surface area contributed by atoms with Gasteiger partial charge in [0.1, 0.15) is 11.4 Å². The van der Waals surface area contributed by atoms with Crippen LogP contribution in [-0.2, 0) is 0 Å². The molecule has 168 valence electrons. The molecule has 10 nitrogen and oxygen atoms in total. The number of nitrogens with zero attached hydrogens (tertiary/aromatic N) is 3. The monoisotopic (exact) mass is 445 g/mol. The summed E-state index contributed by atoms with van der Waals surface area (Å²) in [7, 11) is 0. The molecule has 0 aliphatic carbocycles. The minimum absolute atomic E-state index is 0.0164. The van der Waals surface area contributed by atoms with Gasteiger partial charge in [0.25, 0.3) is 11.8 Å². The third kappa shape index (κ3) is 4.70. The lowest BCUT2D eigenvalue weighted by Gasteiger charge is -2.26. The highest BCUT2D eigenvalue weighted by molar-refractivity contribution is 6.13. The third-order valence-electron chi connectivity index (χ3n) is 5.36. The number of H-pyrrole nitrogens is 2. The van der Waals surface area contributed by atoms with Gasteiger partial charge >= 0.3 is 0 Å². The van der Waals surface area contributed by atoms with Crippen LogP contribution in [0, 0.1) is 0 Å². The van der Waals surface area contributed by atoms with E-state index in [0.29, 0.717) is 11.4 Å². The highest BCUT2D eigenvalue weighted by atomic mass is 16.7. The number of carbonyl (C=O) groups is 2. The largest absolute Gasteiger partial charge is 0.406 e. The maximum Gasteiger partial charge on any atom is 0.276 e. The normalized spacial score (nSPS) is 14.2. The molecule has 2 amide bonds. The van der Waals surface area contributed by atoms with E-state index in [1.54, 1.807) is 24.3 Å². The minimum Gasteiger partial charge on any atom is -0.406 e. The van der Waals surface area contributed by atoms with Crippen LogP contribution in [-0.4, -0.2) is 49.9 Å². The van der Waals surface area contributed by atoms with E-state index >= 15 is 0 Å². The van der Waals surface area contributed by atoms with Crippen LogP contribution in [0.15, 0.2) is 54.9 Å². The highest BCUT2D eigenvalue weighted by Crippen LogP contribution is 2.20. The summed E-state index contributed by atoms with van der Waals surface area (Å²) in [6.07, 6.45) is 4.79. The number of piperidine rings is 1. The summed E-state index contributed by atoms with van der Waals surface area (Å²) in [5.74, 6) is -0.0373. The van der Waals surface area contributed by atoms with E-state index in [2.05, 4.69) is 30.6 Å². The molecule has 10 heteroatoms. The number of hydroxylamine groups is 2. The minimum atomic E-state index is -0.526. The predicted molar refractivity (Wildman–Crippen MR) is 123 cm³/mol. The number of aromatic amines is 2. The average Bonchev–Trinajstić information content (AvgIpc) is 3.48. The molecule has 0 saturated carbocycles. The highest BCUT2D eigenvalue weighted by Gasteiger charge is 2.21. The molecule has 2 aromatic carbocycles. The zero-order valence-electron chi connectivity index (χ0n) is 17.8. The SMILES string of the molecule is O=C(Nc1ccc(ON2CCCCC2)cc1)c1nc[nH]c1C(=O)Nc1nc2ccccc2[nH]1. The Bertz CT molecular complexity index is 1240. The molecule has 1 aliphatic rings. The summed E-state index contributed by atoms with van der Waals surface area (Å²) in [6.45, 7) is 1.83. The molecule has 33 heavy (non-hydrogen) atoms. The predicted octanol–water partition coefficient (Wildman–Crippen LogP) is 3.57. The molecule has 4 N–H and O–H groups in total. The van der Waals surface area contributed by atoms with Crippen molar-refractivity contribution in [1.82, 2.24) is 25.0 Å². The number of anilines is 2. The maximum absolute atomic E-state index is 12.8. The first-order valence-corrected chi connectivity index (χ1v) is 10.8. The van der Waals surface area contributed by atoms with E-state index in [-0.39, 0.29) is 17.3 Å². The number of imidazole rings is 2. The van der Waals surface area contributed by atoms with Crippen molar-refractivity contribution in [2.75, 3.05) is 23.7 Å². The van der Waals surface area contributed by atoms with E-state index < -0.39 is 11.8 Å². The van der Waals surface area contributed by atoms with Gasteiger partial charge in [-0.2, -0.15) is 0 Å². The Hall–Kier alpha value is -4.18.